The van der Waals surface area contributed by atoms with Gasteiger partial charge < -0.3 is 9.84 Å². The van der Waals surface area contributed by atoms with E-state index in [9.17, 15) is 4.79 Å². The Labute approximate surface area is 97.9 Å². The van der Waals surface area contributed by atoms with Gasteiger partial charge in [0, 0.05) is 31.8 Å². The van der Waals surface area contributed by atoms with E-state index in [-0.39, 0.29) is 12.6 Å². The van der Waals surface area contributed by atoms with E-state index in [4.69, 9.17) is 9.84 Å². The van der Waals surface area contributed by atoms with Crippen molar-refractivity contribution in [1.82, 2.24) is 4.90 Å². The van der Waals surface area contributed by atoms with Crippen molar-refractivity contribution in [2.75, 3.05) is 26.3 Å². The average molecular weight is 229 g/mol. The number of hydrogen-bond donors (Lipinski definition) is 1. The van der Waals surface area contributed by atoms with Crippen LogP contribution in [-0.4, -0.2) is 48.3 Å². The number of nitrogens with zero attached hydrogens (tertiary/aromatic N) is 1. The summed E-state index contributed by atoms with van der Waals surface area (Å²) in [6, 6.07) is 0.401. The van der Waals surface area contributed by atoms with Crippen LogP contribution < -0.4 is 0 Å². The van der Waals surface area contributed by atoms with Crippen molar-refractivity contribution < 1.29 is 14.6 Å². The van der Waals surface area contributed by atoms with Gasteiger partial charge in [-0.05, 0) is 27.2 Å². The minimum Gasteiger partial charge on any atom is -0.463 e. The van der Waals surface area contributed by atoms with Crippen LogP contribution in [0.2, 0.25) is 0 Å². The van der Waals surface area contributed by atoms with Crippen LogP contribution in [0.15, 0.2) is 12.2 Å². The molecule has 16 heavy (non-hydrogen) atoms. The van der Waals surface area contributed by atoms with Crippen LogP contribution in [0.4, 0.5) is 0 Å². The molecule has 0 bridgehead atoms. The fraction of sp³-hybridized carbons (Fsp3) is 0.750. The average Bonchev–Trinajstić information content (AvgIpc) is 2.23. The van der Waals surface area contributed by atoms with Gasteiger partial charge in [0.2, 0.25) is 0 Å². The van der Waals surface area contributed by atoms with Gasteiger partial charge in [0.15, 0.2) is 0 Å². The fourth-order valence-corrected chi connectivity index (χ4v) is 1.31. The van der Waals surface area contributed by atoms with Crippen LogP contribution in [-0.2, 0) is 9.53 Å². The Morgan fingerprint density at radius 1 is 1.50 bits per heavy atom. The molecule has 94 valence electrons. The zero-order chi connectivity index (χ0) is 12.4. The summed E-state index contributed by atoms with van der Waals surface area (Å²) in [6.07, 6.45) is 4.01. The quantitative estimate of drug-likeness (QED) is 0.502. The zero-order valence-electron chi connectivity index (χ0n) is 10.5. The molecule has 0 aliphatic carbocycles. The molecule has 0 aliphatic heterocycles. The highest BCUT2D eigenvalue weighted by Gasteiger charge is 2.06. The summed E-state index contributed by atoms with van der Waals surface area (Å²) in [5.41, 5.74) is 0. The highest BCUT2D eigenvalue weighted by atomic mass is 16.5. The molecule has 4 heteroatoms. The molecular weight excluding hydrogens is 206 g/mol. The first-order valence-corrected chi connectivity index (χ1v) is 5.80. The van der Waals surface area contributed by atoms with E-state index in [2.05, 4.69) is 18.7 Å². The minimum atomic E-state index is -0.298. The van der Waals surface area contributed by atoms with Gasteiger partial charge in [-0.2, -0.15) is 0 Å². The predicted octanol–water partition coefficient (Wildman–Crippen LogP) is 1.20. The summed E-state index contributed by atoms with van der Waals surface area (Å²) < 4.78 is 4.78. The minimum absolute atomic E-state index is 0.199. The maximum atomic E-state index is 11.0. The van der Waals surface area contributed by atoms with E-state index in [1.54, 1.807) is 13.0 Å². The Kier molecular flexibility index (Phi) is 8.85. The van der Waals surface area contributed by atoms with Crippen LogP contribution in [0.5, 0.6) is 0 Å². The molecule has 0 atom stereocenters. The third-order valence-electron chi connectivity index (χ3n) is 2.21. The molecule has 0 aromatic heterocycles. The number of carbonyl (C=O) groups is 1. The smallest absolute Gasteiger partial charge is 0.330 e. The van der Waals surface area contributed by atoms with Gasteiger partial charge in [0.1, 0.15) is 0 Å². The van der Waals surface area contributed by atoms with Crippen molar-refractivity contribution in [3.63, 3.8) is 0 Å². The SMILES string of the molecule is CCOC(=O)/C=C/CN(CCCO)C(C)C. The summed E-state index contributed by atoms with van der Waals surface area (Å²) in [7, 11) is 0. The van der Waals surface area contributed by atoms with Crippen molar-refractivity contribution in [1.29, 1.82) is 0 Å². The van der Waals surface area contributed by atoms with Crippen molar-refractivity contribution >= 4 is 5.97 Å². The largest absolute Gasteiger partial charge is 0.463 e. The van der Waals surface area contributed by atoms with Crippen LogP contribution in [0.25, 0.3) is 0 Å². The third-order valence-corrected chi connectivity index (χ3v) is 2.21. The van der Waals surface area contributed by atoms with Crippen molar-refractivity contribution in [3.8, 4) is 0 Å². The molecule has 0 fully saturated rings. The van der Waals surface area contributed by atoms with E-state index < -0.39 is 0 Å². The highest BCUT2D eigenvalue weighted by molar-refractivity contribution is 5.81. The van der Waals surface area contributed by atoms with Crippen LogP contribution in [0, 0.1) is 0 Å². The molecule has 0 rings (SSSR count). The second-order valence-electron chi connectivity index (χ2n) is 3.82. The van der Waals surface area contributed by atoms with Gasteiger partial charge in [-0.3, -0.25) is 4.90 Å². The molecule has 0 amide bonds. The number of carbonyl (C=O) groups excluding carboxylic acids is 1. The fourth-order valence-electron chi connectivity index (χ4n) is 1.31. The van der Waals surface area contributed by atoms with E-state index in [1.165, 1.54) is 6.08 Å². The summed E-state index contributed by atoms with van der Waals surface area (Å²) in [5.74, 6) is -0.298. The molecule has 0 aromatic carbocycles. The molecule has 0 saturated carbocycles. The van der Waals surface area contributed by atoms with Crippen LogP contribution in [0.1, 0.15) is 27.2 Å². The first kappa shape index (κ1) is 15.1. The Hall–Kier alpha value is -0.870. The van der Waals surface area contributed by atoms with E-state index >= 15 is 0 Å². The van der Waals surface area contributed by atoms with Crippen molar-refractivity contribution in [2.45, 2.75) is 33.2 Å². The van der Waals surface area contributed by atoms with Gasteiger partial charge >= 0.3 is 5.97 Å². The molecular formula is C12H23NO3. The number of aliphatic hydroxyl groups is 1. The molecule has 0 unspecified atom stereocenters. The number of hydrogen-bond acceptors (Lipinski definition) is 4. The second-order valence-corrected chi connectivity index (χ2v) is 3.82. The number of aliphatic hydroxyl groups excluding tert-OH is 1. The Morgan fingerprint density at radius 3 is 2.69 bits per heavy atom. The molecule has 0 spiro atoms. The molecule has 4 nitrogen and oxygen atoms in total. The number of esters is 1. The Morgan fingerprint density at radius 2 is 2.19 bits per heavy atom. The van der Waals surface area contributed by atoms with Gasteiger partial charge in [-0.15, -0.1) is 0 Å². The maximum absolute atomic E-state index is 11.0. The lowest BCUT2D eigenvalue weighted by atomic mass is 10.3. The first-order valence-electron chi connectivity index (χ1n) is 5.80. The monoisotopic (exact) mass is 229 g/mol. The molecule has 0 heterocycles. The molecule has 0 radical (unpaired) electrons. The molecule has 0 saturated heterocycles. The summed E-state index contributed by atoms with van der Waals surface area (Å²) >= 11 is 0. The second kappa shape index (κ2) is 9.36. The Bertz CT molecular complexity index is 214. The Balaban J connectivity index is 3.95. The lowest BCUT2D eigenvalue weighted by Crippen LogP contribution is -2.32. The van der Waals surface area contributed by atoms with Crippen LogP contribution in [0.3, 0.4) is 0 Å². The third kappa shape index (κ3) is 7.43. The van der Waals surface area contributed by atoms with Gasteiger partial charge in [0.05, 0.1) is 6.61 Å². The van der Waals surface area contributed by atoms with Crippen molar-refractivity contribution in [2.24, 2.45) is 0 Å². The van der Waals surface area contributed by atoms with E-state index in [0.717, 1.165) is 13.0 Å². The summed E-state index contributed by atoms with van der Waals surface area (Å²) in [5, 5.41) is 8.76. The first-order chi connectivity index (χ1) is 7.61. The van der Waals surface area contributed by atoms with E-state index in [1.807, 2.05) is 0 Å². The zero-order valence-corrected chi connectivity index (χ0v) is 10.5. The normalized spacial score (nSPS) is 11.6. The molecule has 0 aliphatic rings. The van der Waals surface area contributed by atoms with Gasteiger partial charge in [0.25, 0.3) is 0 Å². The summed E-state index contributed by atoms with van der Waals surface area (Å²) in [6.45, 7) is 8.11. The van der Waals surface area contributed by atoms with Crippen LogP contribution >= 0.6 is 0 Å². The number of ether oxygens (including phenoxy) is 1. The lowest BCUT2D eigenvalue weighted by molar-refractivity contribution is -0.137. The summed E-state index contributed by atoms with van der Waals surface area (Å²) in [4.78, 5) is 13.2. The maximum Gasteiger partial charge on any atom is 0.330 e. The van der Waals surface area contributed by atoms with Crippen molar-refractivity contribution in [3.05, 3.63) is 12.2 Å². The standard InChI is InChI=1S/C12H23NO3/c1-4-16-12(15)7-5-8-13(11(2)3)9-6-10-14/h5,7,11,14H,4,6,8-10H2,1-3H3/b7-5+. The van der Waals surface area contributed by atoms with Gasteiger partial charge in [-0.1, -0.05) is 6.08 Å². The predicted molar refractivity (Wildman–Crippen MR) is 64.2 cm³/mol. The van der Waals surface area contributed by atoms with Gasteiger partial charge in [-0.25, -0.2) is 4.79 Å². The molecule has 1 N–H and O–H groups in total. The lowest BCUT2D eigenvalue weighted by Gasteiger charge is -2.24. The highest BCUT2D eigenvalue weighted by Crippen LogP contribution is 1.99. The molecule has 0 aromatic rings. The van der Waals surface area contributed by atoms with E-state index in [0.29, 0.717) is 19.2 Å². The topological polar surface area (TPSA) is 49.8 Å². The number of rotatable bonds is 8.